The first kappa shape index (κ1) is 12.7. The zero-order valence-corrected chi connectivity index (χ0v) is 11.5. The van der Waals surface area contributed by atoms with Crippen LogP contribution in [-0.2, 0) is 13.0 Å². The molecule has 0 spiro atoms. The number of rotatable bonds is 2. The molecule has 4 nitrogen and oxygen atoms in total. The Hall–Kier alpha value is -2.01. The number of aromatic hydroxyl groups is 1. The lowest BCUT2D eigenvalue weighted by atomic mass is 9.98. The Labute approximate surface area is 122 Å². The molecule has 0 radical (unpaired) electrons. The van der Waals surface area contributed by atoms with Crippen molar-refractivity contribution in [3.8, 4) is 5.75 Å². The summed E-state index contributed by atoms with van der Waals surface area (Å²) < 4.78 is 13.1. The number of hydrogen-bond donors (Lipinski definition) is 1. The Morgan fingerprint density at radius 1 is 1.33 bits per heavy atom. The van der Waals surface area contributed by atoms with Gasteiger partial charge in [0.05, 0.1) is 5.69 Å². The summed E-state index contributed by atoms with van der Waals surface area (Å²) >= 11 is 0. The third-order valence-corrected chi connectivity index (χ3v) is 4.66. The van der Waals surface area contributed by atoms with Crippen LogP contribution in [0.4, 0.5) is 4.39 Å². The van der Waals surface area contributed by atoms with Crippen LogP contribution in [0.1, 0.15) is 35.7 Å². The van der Waals surface area contributed by atoms with Gasteiger partial charge < -0.3 is 5.11 Å². The van der Waals surface area contributed by atoms with Crippen molar-refractivity contribution in [2.45, 2.75) is 37.9 Å². The summed E-state index contributed by atoms with van der Waals surface area (Å²) in [6, 6.07) is 5.00. The zero-order chi connectivity index (χ0) is 14.4. The molecule has 2 aromatic rings. The van der Waals surface area contributed by atoms with Crippen molar-refractivity contribution in [1.29, 1.82) is 0 Å². The molecule has 5 heteroatoms. The summed E-state index contributed by atoms with van der Waals surface area (Å²) in [6.07, 6.45) is 6.66. The predicted octanol–water partition coefficient (Wildman–Crippen LogP) is 2.58. The average molecular weight is 285 g/mol. The van der Waals surface area contributed by atoms with Gasteiger partial charge in [0, 0.05) is 48.4 Å². The van der Waals surface area contributed by atoms with Crippen LogP contribution in [0.15, 0.2) is 30.7 Å². The Morgan fingerprint density at radius 2 is 2.24 bits per heavy atom. The van der Waals surface area contributed by atoms with E-state index < -0.39 is 5.82 Å². The molecule has 2 unspecified atom stereocenters. The fourth-order valence-corrected chi connectivity index (χ4v) is 3.63. The molecule has 21 heavy (non-hydrogen) atoms. The van der Waals surface area contributed by atoms with Crippen molar-refractivity contribution >= 4 is 0 Å². The number of aromatic nitrogens is 2. The highest BCUT2D eigenvalue weighted by atomic mass is 19.1. The molecule has 2 aliphatic rings. The molecule has 2 aliphatic heterocycles. The SMILES string of the molecule is Oc1cc(F)ccc1CN1C2CCC1c1cncnc1C2. The van der Waals surface area contributed by atoms with Crippen LogP contribution >= 0.6 is 0 Å². The summed E-state index contributed by atoms with van der Waals surface area (Å²) in [5.41, 5.74) is 3.12. The molecule has 1 aromatic heterocycles. The largest absolute Gasteiger partial charge is 0.508 e. The average Bonchev–Trinajstić information content (AvgIpc) is 2.75. The van der Waals surface area contributed by atoms with Gasteiger partial charge >= 0.3 is 0 Å². The molecule has 1 aromatic carbocycles. The van der Waals surface area contributed by atoms with Crippen LogP contribution in [0, 0.1) is 5.82 Å². The number of halogens is 1. The Morgan fingerprint density at radius 3 is 3.10 bits per heavy atom. The summed E-state index contributed by atoms with van der Waals surface area (Å²) in [4.78, 5) is 10.9. The molecule has 0 amide bonds. The molecule has 1 fully saturated rings. The first-order chi connectivity index (χ1) is 10.2. The fourth-order valence-electron chi connectivity index (χ4n) is 3.63. The number of benzene rings is 1. The molecule has 0 aliphatic carbocycles. The summed E-state index contributed by atoms with van der Waals surface area (Å²) in [5.74, 6) is -0.374. The summed E-state index contributed by atoms with van der Waals surface area (Å²) in [7, 11) is 0. The topological polar surface area (TPSA) is 49.2 Å². The first-order valence-corrected chi connectivity index (χ1v) is 7.24. The lowest BCUT2D eigenvalue weighted by Gasteiger charge is -2.35. The Balaban J connectivity index is 1.65. The number of phenolic OH excluding ortho intramolecular Hbond substituents is 1. The van der Waals surface area contributed by atoms with Gasteiger partial charge in [0.15, 0.2) is 0 Å². The van der Waals surface area contributed by atoms with Crippen LogP contribution in [-0.4, -0.2) is 26.0 Å². The van der Waals surface area contributed by atoms with E-state index in [1.807, 2.05) is 6.20 Å². The second kappa shape index (κ2) is 4.77. The van der Waals surface area contributed by atoms with Crippen molar-refractivity contribution in [2.24, 2.45) is 0 Å². The zero-order valence-electron chi connectivity index (χ0n) is 11.5. The number of nitrogens with zero attached hydrogens (tertiary/aromatic N) is 3. The minimum absolute atomic E-state index is 0.0320. The molecule has 2 bridgehead atoms. The van der Waals surface area contributed by atoms with E-state index in [9.17, 15) is 9.50 Å². The van der Waals surface area contributed by atoms with Crippen LogP contribution < -0.4 is 0 Å². The van der Waals surface area contributed by atoms with Gasteiger partial charge in [-0.2, -0.15) is 0 Å². The molecule has 1 saturated heterocycles. The lowest BCUT2D eigenvalue weighted by molar-refractivity contribution is 0.164. The first-order valence-electron chi connectivity index (χ1n) is 7.24. The van der Waals surface area contributed by atoms with Gasteiger partial charge in [-0.15, -0.1) is 0 Å². The lowest BCUT2D eigenvalue weighted by Crippen LogP contribution is -2.37. The molecule has 1 N–H and O–H groups in total. The van der Waals surface area contributed by atoms with Crippen molar-refractivity contribution in [3.63, 3.8) is 0 Å². The minimum atomic E-state index is -0.406. The van der Waals surface area contributed by atoms with Gasteiger partial charge in [0.1, 0.15) is 17.9 Å². The highest BCUT2D eigenvalue weighted by molar-refractivity contribution is 5.34. The van der Waals surface area contributed by atoms with Gasteiger partial charge in [0.2, 0.25) is 0 Å². The monoisotopic (exact) mass is 285 g/mol. The van der Waals surface area contributed by atoms with Gasteiger partial charge in [-0.1, -0.05) is 6.07 Å². The van der Waals surface area contributed by atoms with E-state index in [0.717, 1.165) is 30.5 Å². The van der Waals surface area contributed by atoms with E-state index in [0.29, 0.717) is 18.6 Å². The molecule has 2 atom stereocenters. The normalized spacial score (nSPS) is 24.0. The maximum Gasteiger partial charge on any atom is 0.126 e. The fraction of sp³-hybridized carbons (Fsp3) is 0.375. The number of fused-ring (bicyclic) bond motifs is 4. The number of phenols is 1. The van der Waals surface area contributed by atoms with Gasteiger partial charge in [0.25, 0.3) is 0 Å². The van der Waals surface area contributed by atoms with E-state index in [4.69, 9.17) is 0 Å². The maximum atomic E-state index is 13.1. The molecule has 0 saturated carbocycles. The van der Waals surface area contributed by atoms with Gasteiger partial charge in [-0.05, 0) is 18.9 Å². The van der Waals surface area contributed by atoms with Crippen molar-refractivity contribution in [2.75, 3.05) is 0 Å². The van der Waals surface area contributed by atoms with E-state index in [2.05, 4.69) is 14.9 Å². The van der Waals surface area contributed by atoms with E-state index in [-0.39, 0.29) is 5.75 Å². The highest BCUT2D eigenvalue weighted by Crippen LogP contribution is 2.43. The quantitative estimate of drug-likeness (QED) is 0.921. The summed E-state index contributed by atoms with van der Waals surface area (Å²) in [6.45, 7) is 0.635. The smallest absolute Gasteiger partial charge is 0.126 e. The molecular weight excluding hydrogens is 269 g/mol. The second-order valence-corrected chi connectivity index (χ2v) is 5.82. The van der Waals surface area contributed by atoms with Crippen molar-refractivity contribution < 1.29 is 9.50 Å². The van der Waals surface area contributed by atoms with E-state index >= 15 is 0 Å². The third-order valence-electron chi connectivity index (χ3n) is 4.66. The van der Waals surface area contributed by atoms with Crippen molar-refractivity contribution in [3.05, 3.63) is 53.4 Å². The molecular formula is C16H16FN3O. The summed E-state index contributed by atoms with van der Waals surface area (Å²) in [5, 5.41) is 9.92. The standard InChI is InChI=1S/C16H16FN3O/c17-11-2-1-10(16(21)5-11)8-20-12-3-4-15(20)13-7-18-9-19-14(13)6-12/h1-2,5,7,9,12,15,21H,3-4,6,8H2. The third kappa shape index (κ3) is 2.08. The van der Waals surface area contributed by atoms with Gasteiger partial charge in [-0.25, -0.2) is 14.4 Å². The molecule has 108 valence electrons. The van der Waals surface area contributed by atoms with Crippen molar-refractivity contribution in [1.82, 2.24) is 14.9 Å². The highest BCUT2D eigenvalue weighted by Gasteiger charge is 2.40. The Kier molecular flexibility index (Phi) is 2.89. The number of hydrogen-bond acceptors (Lipinski definition) is 4. The Bertz CT molecular complexity index is 691. The second-order valence-electron chi connectivity index (χ2n) is 5.82. The van der Waals surface area contributed by atoms with Crippen LogP contribution in [0.25, 0.3) is 0 Å². The van der Waals surface area contributed by atoms with Crippen LogP contribution in [0.5, 0.6) is 5.75 Å². The van der Waals surface area contributed by atoms with E-state index in [1.165, 1.54) is 17.7 Å². The predicted molar refractivity (Wildman–Crippen MR) is 75.1 cm³/mol. The van der Waals surface area contributed by atoms with Crippen LogP contribution in [0.3, 0.4) is 0 Å². The van der Waals surface area contributed by atoms with Gasteiger partial charge in [-0.3, -0.25) is 4.90 Å². The molecule has 4 rings (SSSR count). The minimum Gasteiger partial charge on any atom is -0.508 e. The van der Waals surface area contributed by atoms with E-state index in [1.54, 1.807) is 12.4 Å². The van der Waals surface area contributed by atoms with Crippen LogP contribution in [0.2, 0.25) is 0 Å². The maximum absolute atomic E-state index is 13.1. The molecule has 3 heterocycles.